The number of hydrogen-bond acceptors (Lipinski definition) is 7. The molecule has 8 nitrogen and oxygen atoms in total. The molecule has 4 heterocycles. The highest BCUT2D eigenvalue weighted by Gasteiger charge is 2.30. The van der Waals surface area contributed by atoms with Gasteiger partial charge in [-0.3, -0.25) is 4.79 Å². The second-order valence-electron chi connectivity index (χ2n) is 6.72. The lowest BCUT2D eigenvalue weighted by atomic mass is 10.1. The number of amides is 1. The number of pyridine rings is 3. The number of carbonyl (C=O) groups is 1. The van der Waals surface area contributed by atoms with Crippen molar-refractivity contribution in [2.24, 2.45) is 0 Å². The molecule has 1 fully saturated rings. The van der Waals surface area contributed by atoms with E-state index >= 15 is 0 Å². The lowest BCUT2D eigenvalue weighted by molar-refractivity contribution is -0.137. The minimum atomic E-state index is 0.0137. The van der Waals surface area contributed by atoms with E-state index in [0.717, 1.165) is 22.2 Å². The number of carbonyl (C=O) groups excluding carboxylic acids is 1. The third-order valence-electron chi connectivity index (χ3n) is 4.69. The summed E-state index contributed by atoms with van der Waals surface area (Å²) >= 11 is 0. The molecular formula is C21H20N6O2. The number of aromatic nitrogens is 3. The molecule has 146 valence electrons. The van der Waals surface area contributed by atoms with E-state index in [1.165, 1.54) is 0 Å². The Balaban J connectivity index is 1.51. The maximum Gasteiger partial charge on any atom is 0.219 e. The summed E-state index contributed by atoms with van der Waals surface area (Å²) in [6.45, 7) is 2.77. The average molecular weight is 388 g/mol. The zero-order valence-corrected chi connectivity index (χ0v) is 16.1. The molecule has 0 aromatic carbocycles. The van der Waals surface area contributed by atoms with E-state index in [1.54, 1.807) is 49.6 Å². The first-order valence-electron chi connectivity index (χ1n) is 9.15. The maximum atomic E-state index is 11.2. The van der Waals surface area contributed by atoms with Gasteiger partial charge in [0.2, 0.25) is 5.91 Å². The van der Waals surface area contributed by atoms with Gasteiger partial charge in [0.25, 0.3) is 0 Å². The third kappa shape index (κ3) is 3.89. The molecule has 0 radical (unpaired) electrons. The monoisotopic (exact) mass is 388 g/mol. The topological polar surface area (TPSA) is 106 Å². The van der Waals surface area contributed by atoms with Gasteiger partial charge in [0.05, 0.1) is 24.8 Å². The lowest BCUT2D eigenvalue weighted by Crippen LogP contribution is -2.55. The van der Waals surface area contributed by atoms with Crippen LogP contribution in [0.3, 0.4) is 0 Å². The Hall–Kier alpha value is -3.86. The summed E-state index contributed by atoms with van der Waals surface area (Å²) in [6.07, 6.45) is 5.05. The van der Waals surface area contributed by atoms with E-state index in [1.807, 2.05) is 6.07 Å². The molecule has 0 saturated carbocycles. The Labute approximate surface area is 168 Å². The molecule has 3 aromatic rings. The van der Waals surface area contributed by atoms with Crippen LogP contribution < -0.4 is 15.8 Å². The van der Waals surface area contributed by atoms with Crippen LogP contribution in [0, 0.1) is 11.8 Å². The van der Waals surface area contributed by atoms with Crippen molar-refractivity contribution in [2.75, 3.05) is 31.2 Å². The molecule has 1 amide bonds. The molecule has 0 unspecified atom stereocenters. The molecule has 3 aromatic heterocycles. The van der Waals surface area contributed by atoms with Gasteiger partial charge in [-0.2, -0.15) is 0 Å². The molecule has 1 aliphatic rings. The quantitative estimate of drug-likeness (QED) is 0.657. The van der Waals surface area contributed by atoms with E-state index in [9.17, 15) is 4.79 Å². The molecule has 0 atom stereocenters. The van der Waals surface area contributed by atoms with Gasteiger partial charge in [-0.15, -0.1) is 0 Å². The first-order chi connectivity index (χ1) is 14.0. The third-order valence-corrected chi connectivity index (χ3v) is 4.69. The number of nitrogens with zero attached hydrogens (tertiary/aromatic N) is 4. The molecule has 0 aliphatic carbocycles. The Bertz CT molecular complexity index is 1130. The Kier molecular flexibility index (Phi) is 4.87. The van der Waals surface area contributed by atoms with Crippen molar-refractivity contribution in [3.63, 3.8) is 0 Å². The van der Waals surface area contributed by atoms with Gasteiger partial charge in [0.1, 0.15) is 29.2 Å². The van der Waals surface area contributed by atoms with Crippen LogP contribution in [0.25, 0.3) is 10.8 Å². The molecule has 0 bridgehead atoms. The fraction of sp³-hybridized carbons (Fsp3) is 0.238. The number of fused-ring (bicyclic) bond motifs is 1. The molecular weight excluding hydrogens is 368 g/mol. The number of nitrogen functional groups attached to an aromatic ring is 1. The van der Waals surface area contributed by atoms with Gasteiger partial charge in [0.15, 0.2) is 0 Å². The van der Waals surface area contributed by atoms with E-state index in [4.69, 9.17) is 10.5 Å². The van der Waals surface area contributed by atoms with Crippen LogP contribution in [0.4, 0.5) is 11.6 Å². The average Bonchev–Trinajstić information content (AvgIpc) is 2.69. The van der Waals surface area contributed by atoms with E-state index in [2.05, 4.69) is 32.1 Å². The summed E-state index contributed by atoms with van der Waals surface area (Å²) in [5.41, 5.74) is 7.20. The highest BCUT2D eigenvalue weighted by molar-refractivity contribution is 5.96. The largest absolute Gasteiger partial charge is 0.485 e. The summed E-state index contributed by atoms with van der Waals surface area (Å²) in [7, 11) is 1.80. The van der Waals surface area contributed by atoms with Crippen LogP contribution >= 0.6 is 0 Å². The highest BCUT2D eigenvalue weighted by Crippen LogP contribution is 2.24. The second kappa shape index (κ2) is 7.64. The highest BCUT2D eigenvalue weighted by atomic mass is 16.5. The van der Waals surface area contributed by atoms with Crippen molar-refractivity contribution in [3.05, 3.63) is 48.0 Å². The minimum Gasteiger partial charge on any atom is -0.485 e. The van der Waals surface area contributed by atoms with Crippen LogP contribution in [-0.4, -0.2) is 52.0 Å². The summed E-state index contributed by atoms with van der Waals surface area (Å²) in [5, 5.41) is 4.77. The smallest absolute Gasteiger partial charge is 0.219 e. The molecule has 8 heteroatoms. The number of nitrogens with two attached hydrogens (primary N) is 1. The minimum absolute atomic E-state index is 0.0137. The van der Waals surface area contributed by atoms with Crippen molar-refractivity contribution < 1.29 is 9.53 Å². The van der Waals surface area contributed by atoms with E-state index in [0.29, 0.717) is 30.4 Å². The van der Waals surface area contributed by atoms with Gasteiger partial charge in [-0.1, -0.05) is 5.92 Å². The van der Waals surface area contributed by atoms with Gasteiger partial charge in [-0.05, 0) is 24.1 Å². The number of nitrogens with one attached hydrogen (secondary N) is 1. The first kappa shape index (κ1) is 18.5. The van der Waals surface area contributed by atoms with Crippen LogP contribution in [-0.2, 0) is 4.79 Å². The van der Waals surface area contributed by atoms with Crippen LogP contribution in [0.5, 0.6) is 5.75 Å². The Morgan fingerprint density at radius 1 is 1.17 bits per heavy atom. The normalized spacial score (nSPS) is 13.4. The summed E-state index contributed by atoms with van der Waals surface area (Å²) in [5.74, 6) is 8.03. The van der Waals surface area contributed by atoms with Gasteiger partial charge in [-0.25, -0.2) is 15.0 Å². The number of ether oxygens (including phenoxy) is 1. The lowest BCUT2D eigenvalue weighted by Gasteiger charge is -2.38. The predicted molar refractivity (Wildman–Crippen MR) is 110 cm³/mol. The molecule has 1 aliphatic heterocycles. The molecule has 1 saturated heterocycles. The van der Waals surface area contributed by atoms with Crippen molar-refractivity contribution in [2.45, 2.75) is 13.0 Å². The maximum absolute atomic E-state index is 11.2. The van der Waals surface area contributed by atoms with Crippen molar-refractivity contribution in [1.29, 1.82) is 0 Å². The van der Waals surface area contributed by atoms with E-state index in [-0.39, 0.29) is 12.0 Å². The Morgan fingerprint density at radius 2 is 2.00 bits per heavy atom. The van der Waals surface area contributed by atoms with Crippen molar-refractivity contribution in [1.82, 2.24) is 19.9 Å². The Morgan fingerprint density at radius 3 is 2.69 bits per heavy atom. The number of hydrogen-bond donors (Lipinski definition) is 2. The SMILES string of the molecule is CNc1ncc(C#Cc2ccc(OC3CN(C(C)=O)C3)cn2)c2cc(N)ncc12. The van der Waals surface area contributed by atoms with Crippen LogP contribution in [0.15, 0.2) is 36.8 Å². The zero-order valence-electron chi connectivity index (χ0n) is 16.1. The molecule has 3 N–H and O–H groups in total. The van der Waals surface area contributed by atoms with Gasteiger partial charge < -0.3 is 20.7 Å². The van der Waals surface area contributed by atoms with Crippen molar-refractivity contribution in [3.8, 4) is 17.6 Å². The second-order valence-corrected chi connectivity index (χ2v) is 6.72. The number of likely N-dealkylation sites (tertiary alicyclic amines) is 1. The fourth-order valence-corrected chi connectivity index (χ4v) is 3.07. The number of anilines is 2. The summed E-state index contributed by atoms with van der Waals surface area (Å²) < 4.78 is 5.80. The van der Waals surface area contributed by atoms with Gasteiger partial charge in [0, 0.05) is 37.1 Å². The molecule has 0 spiro atoms. The van der Waals surface area contributed by atoms with Crippen molar-refractivity contribution >= 4 is 28.3 Å². The van der Waals surface area contributed by atoms with E-state index < -0.39 is 0 Å². The first-order valence-corrected chi connectivity index (χ1v) is 9.15. The number of rotatable bonds is 3. The van der Waals surface area contributed by atoms with Crippen LogP contribution in [0.1, 0.15) is 18.2 Å². The van der Waals surface area contributed by atoms with Gasteiger partial charge >= 0.3 is 0 Å². The molecule has 4 rings (SSSR count). The molecule has 29 heavy (non-hydrogen) atoms. The summed E-state index contributed by atoms with van der Waals surface area (Å²) in [4.78, 5) is 25.8. The van der Waals surface area contributed by atoms with Crippen LogP contribution in [0.2, 0.25) is 0 Å². The standard InChI is InChI=1S/C21H20N6O2/c1-13(28)27-11-17(12-27)29-16-6-5-15(24-9-16)4-3-14-8-26-21(23-2)19-10-25-20(22)7-18(14)19/h5-10,17H,11-12H2,1-2H3,(H2,22,25)(H,23,26). The summed E-state index contributed by atoms with van der Waals surface area (Å²) in [6, 6.07) is 5.42. The zero-order chi connectivity index (χ0) is 20.4. The predicted octanol–water partition coefficient (Wildman–Crippen LogP) is 1.66. The fourth-order valence-electron chi connectivity index (χ4n) is 3.07.